The van der Waals surface area contributed by atoms with Crippen LogP contribution in [0.5, 0.6) is 0 Å². The number of hydrogen-bond donors (Lipinski definition) is 1. The summed E-state index contributed by atoms with van der Waals surface area (Å²) in [6, 6.07) is 1.13. The summed E-state index contributed by atoms with van der Waals surface area (Å²) in [7, 11) is -2.39. The summed E-state index contributed by atoms with van der Waals surface area (Å²) in [5, 5.41) is 8.96. The highest BCUT2D eigenvalue weighted by Gasteiger charge is 2.24. The summed E-state index contributed by atoms with van der Waals surface area (Å²) < 4.78 is 26.5. The van der Waals surface area contributed by atoms with E-state index in [1.54, 1.807) is 6.92 Å². The molecule has 0 bridgehead atoms. The third-order valence-electron chi connectivity index (χ3n) is 2.45. The van der Waals surface area contributed by atoms with E-state index >= 15 is 0 Å². The second-order valence-corrected chi connectivity index (χ2v) is 5.66. The Bertz CT molecular complexity index is 595. The van der Waals surface area contributed by atoms with Crippen molar-refractivity contribution < 1.29 is 18.3 Å². The van der Waals surface area contributed by atoms with Crippen molar-refractivity contribution in [2.75, 3.05) is 13.6 Å². The molecule has 0 atom stereocenters. The second kappa shape index (κ2) is 5.25. The van der Waals surface area contributed by atoms with Crippen LogP contribution in [-0.4, -0.2) is 42.0 Å². The number of aromatic carboxylic acids is 1. The van der Waals surface area contributed by atoms with Gasteiger partial charge in [-0.05, 0) is 13.0 Å². The van der Waals surface area contributed by atoms with E-state index in [1.165, 1.54) is 17.8 Å². The van der Waals surface area contributed by atoms with Gasteiger partial charge in [0.1, 0.15) is 10.6 Å². The molecule has 0 aliphatic rings. The van der Waals surface area contributed by atoms with Crippen LogP contribution >= 0.6 is 0 Å². The van der Waals surface area contributed by atoms with Gasteiger partial charge in [0.2, 0.25) is 10.0 Å². The molecule has 1 N–H and O–H groups in total. The summed E-state index contributed by atoms with van der Waals surface area (Å²) in [5.41, 5.74) is -0.0646. The summed E-state index contributed by atoms with van der Waals surface area (Å²) in [6.45, 7) is 2.03. The highest BCUT2D eigenvalue weighted by Crippen LogP contribution is 2.18. The average Bonchev–Trinajstić information content (AvgIpc) is 2.73. The number of carbonyl (C=O) groups is 1. The van der Waals surface area contributed by atoms with E-state index in [0.717, 1.165) is 10.4 Å². The number of terminal acetylenes is 1. The maximum Gasteiger partial charge on any atom is 0.352 e. The Morgan fingerprint density at radius 2 is 2.22 bits per heavy atom. The van der Waals surface area contributed by atoms with Crippen LogP contribution in [0.1, 0.15) is 17.4 Å². The molecular weight excluding hydrogens is 256 g/mol. The molecule has 1 aromatic rings. The quantitative estimate of drug-likeness (QED) is 0.788. The van der Waals surface area contributed by atoms with Crippen LogP contribution in [0.4, 0.5) is 0 Å². The number of aryl methyl sites for hydroxylation is 1. The predicted octanol–water partition coefficient (Wildman–Crippen LogP) is 0.460. The van der Waals surface area contributed by atoms with Crippen molar-refractivity contribution in [1.29, 1.82) is 0 Å². The van der Waals surface area contributed by atoms with Crippen LogP contribution in [0.2, 0.25) is 0 Å². The molecule has 0 amide bonds. The van der Waals surface area contributed by atoms with Crippen molar-refractivity contribution in [1.82, 2.24) is 8.87 Å². The lowest BCUT2D eigenvalue weighted by Crippen LogP contribution is -2.26. The van der Waals surface area contributed by atoms with Gasteiger partial charge in [0.25, 0.3) is 0 Å². The fraction of sp³-hybridized carbons (Fsp3) is 0.364. The highest BCUT2D eigenvalue weighted by molar-refractivity contribution is 7.89. The number of carboxylic acid groups (broad SMARTS) is 1. The van der Waals surface area contributed by atoms with Crippen LogP contribution in [0.3, 0.4) is 0 Å². The van der Waals surface area contributed by atoms with Crippen molar-refractivity contribution in [3.05, 3.63) is 18.0 Å². The topological polar surface area (TPSA) is 79.6 Å². The molecule has 0 fully saturated rings. The molecule has 0 saturated heterocycles. The summed E-state index contributed by atoms with van der Waals surface area (Å²) >= 11 is 0. The molecule has 0 aliphatic carbocycles. The first-order valence-corrected chi connectivity index (χ1v) is 6.61. The Morgan fingerprint density at radius 3 is 2.61 bits per heavy atom. The molecule has 0 spiro atoms. The Balaban J connectivity index is 3.27. The van der Waals surface area contributed by atoms with Gasteiger partial charge in [-0.25, -0.2) is 13.2 Å². The van der Waals surface area contributed by atoms with Gasteiger partial charge in [0, 0.05) is 19.8 Å². The molecule has 1 rings (SSSR count). The molecule has 0 saturated carbocycles. The van der Waals surface area contributed by atoms with Crippen molar-refractivity contribution in [2.45, 2.75) is 18.4 Å². The van der Waals surface area contributed by atoms with Crippen molar-refractivity contribution >= 4 is 16.0 Å². The van der Waals surface area contributed by atoms with Crippen LogP contribution in [0, 0.1) is 12.3 Å². The number of sulfonamides is 1. The lowest BCUT2D eigenvalue weighted by atomic mass is 10.4. The second-order valence-electron chi connectivity index (χ2n) is 3.62. The van der Waals surface area contributed by atoms with Crippen LogP contribution in [-0.2, 0) is 16.6 Å². The standard InChI is InChI=1S/C11H14N2O4S/c1-4-6-12(3)18(16,17)9-7-10(11(14)15)13(5-2)8-9/h1,7-8H,5-6H2,2-3H3,(H,14,15). The predicted molar refractivity (Wildman–Crippen MR) is 65.7 cm³/mol. The Hall–Kier alpha value is -1.78. The van der Waals surface area contributed by atoms with Gasteiger partial charge in [-0.2, -0.15) is 4.31 Å². The van der Waals surface area contributed by atoms with Crippen LogP contribution in [0.25, 0.3) is 0 Å². The zero-order chi connectivity index (χ0) is 13.9. The molecule has 6 nitrogen and oxygen atoms in total. The van der Waals surface area contributed by atoms with E-state index in [-0.39, 0.29) is 17.1 Å². The first-order valence-electron chi connectivity index (χ1n) is 5.17. The highest BCUT2D eigenvalue weighted by atomic mass is 32.2. The maximum atomic E-state index is 12.1. The van der Waals surface area contributed by atoms with E-state index < -0.39 is 16.0 Å². The minimum absolute atomic E-state index is 0.0646. The lowest BCUT2D eigenvalue weighted by molar-refractivity contribution is 0.0685. The van der Waals surface area contributed by atoms with Gasteiger partial charge in [-0.1, -0.05) is 5.92 Å². The lowest BCUT2D eigenvalue weighted by Gasteiger charge is -2.12. The largest absolute Gasteiger partial charge is 0.477 e. The molecule has 1 aromatic heterocycles. The molecule has 18 heavy (non-hydrogen) atoms. The summed E-state index contributed by atoms with van der Waals surface area (Å²) in [6.07, 6.45) is 6.36. The Morgan fingerprint density at radius 1 is 1.61 bits per heavy atom. The van der Waals surface area contributed by atoms with E-state index in [4.69, 9.17) is 11.5 Å². The molecular formula is C11H14N2O4S. The molecule has 0 radical (unpaired) electrons. The first kappa shape index (κ1) is 14.3. The monoisotopic (exact) mass is 270 g/mol. The molecule has 0 unspecified atom stereocenters. The molecule has 0 aromatic carbocycles. The van der Waals surface area contributed by atoms with Gasteiger partial charge in [-0.15, -0.1) is 6.42 Å². The zero-order valence-corrected chi connectivity index (χ0v) is 10.9. The van der Waals surface area contributed by atoms with E-state index in [0.29, 0.717) is 6.54 Å². The van der Waals surface area contributed by atoms with Gasteiger partial charge >= 0.3 is 5.97 Å². The molecule has 0 aliphatic heterocycles. The Kier molecular flexibility index (Phi) is 4.16. The summed E-state index contributed by atoms with van der Waals surface area (Å²) in [4.78, 5) is 10.9. The minimum Gasteiger partial charge on any atom is -0.477 e. The third-order valence-corrected chi connectivity index (χ3v) is 4.22. The first-order chi connectivity index (χ1) is 8.34. The number of nitrogens with zero attached hydrogens (tertiary/aromatic N) is 2. The number of hydrogen-bond acceptors (Lipinski definition) is 3. The fourth-order valence-corrected chi connectivity index (χ4v) is 2.58. The SMILES string of the molecule is C#CCN(C)S(=O)(=O)c1cc(C(=O)O)n(CC)c1. The van der Waals surface area contributed by atoms with Gasteiger partial charge in [-0.3, -0.25) is 0 Å². The zero-order valence-electron chi connectivity index (χ0n) is 10.1. The third kappa shape index (κ3) is 2.55. The van der Waals surface area contributed by atoms with E-state index in [2.05, 4.69) is 5.92 Å². The number of aromatic nitrogens is 1. The van der Waals surface area contributed by atoms with Gasteiger partial charge < -0.3 is 9.67 Å². The van der Waals surface area contributed by atoms with Crippen molar-refractivity contribution in [3.63, 3.8) is 0 Å². The summed E-state index contributed by atoms with van der Waals surface area (Å²) in [5.74, 6) is 1.06. The normalized spacial score (nSPS) is 11.4. The van der Waals surface area contributed by atoms with Crippen LogP contribution < -0.4 is 0 Å². The van der Waals surface area contributed by atoms with Crippen LogP contribution in [0.15, 0.2) is 17.2 Å². The van der Waals surface area contributed by atoms with Crippen molar-refractivity contribution in [2.24, 2.45) is 0 Å². The number of carboxylic acids is 1. The average molecular weight is 270 g/mol. The maximum absolute atomic E-state index is 12.1. The van der Waals surface area contributed by atoms with Crippen molar-refractivity contribution in [3.8, 4) is 12.3 Å². The van der Waals surface area contributed by atoms with Gasteiger partial charge in [0.05, 0.1) is 6.54 Å². The van der Waals surface area contributed by atoms with E-state index in [9.17, 15) is 13.2 Å². The fourth-order valence-electron chi connectivity index (χ4n) is 1.46. The minimum atomic E-state index is -3.74. The van der Waals surface area contributed by atoms with Gasteiger partial charge in [0.15, 0.2) is 0 Å². The molecule has 1 heterocycles. The smallest absolute Gasteiger partial charge is 0.352 e. The van der Waals surface area contributed by atoms with E-state index in [1.807, 2.05) is 0 Å². The Labute approximate surface area is 106 Å². The number of rotatable bonds is 5. The molecule has 7 heteroatoms. The molecule has 98 valence electrons.